The standard InChI is InChI=1S/C25H33F3N6O2.CH5NS/c1-34-12-10-18(11-13-34)31-23(35)16-8-9-20(21(14-16)36-2)32-24-29-15-19(25(26,27)28)22(33-24)30-17-6-4-3-5-7-17;1-3-2/h8-9,14-15,17-18H,3-7,10-13H2,1-2H3,(H,31,35)(H2,29,30,32,33);2H2,1H3. The number of nitrogens with zero attached hydrogens (tertiary/aromatic N) is 3. The van der Waals surface area contributed by atoms with Crippen LogP contribution in [-0.2, 0) is 6.18 Å². The van der Waals surface area contributed by atoms with Gasteiger partial charge < -0.3 is 25.6 Å². The number of amides is 1. The van der Waals surface area contributed by atoms with Crippen LogP contribution in [0.15, 0.2) is 24.4 Å². The van der Waals surface area contributed by atoms with Crippen molar-refractivity contribution in [2.75, 3.05) is 44.1 Å². The fraction of sp³-hybridized carbons (Fsp3) is 0.577. The Morgan fingerprint density at radius 3 is 2.41 bits per heavy atom. The Morgan fingerprint density at radius 1 is 1.13 bits per heavy atom. The largest absolute Gasteiger partial charge is 0.495 e. The summed E-state index contributed by atoms with van der Waals surface area (Å²) < 4.78 is 46.2. The number of carbonyl (C=O) groups excluding carboxylic acids is 1. The minimum absolute atomic E-state index is 0.00290. The molecule has 1 saturated heterocycles. The highest BCUT2D eigenvalue weighted by molar-refractivity contribution is 7.96. The molecule has 1 aromatic carbocycles. The van der Waals surface area contributed by atoms with Gasteiger partial charge in [-0.15, -0.1) is 0 Å². The Kier molecular flexibility index (Phi) is 11.5. The number of nitrogens with two attached hydrogens (primary N) is 1. The Labute approximate surface area is 232 Å². The maximum absolute atomic E-state index is 13.6. The molecule has 0 radical (unpaired) electrons. The molecule has 9 nitrogen and oxygen atoms in total. The van der Waals surface area contributed by atoms with E-state index in [4.69, 9.17) is 9.88 Å². The van der Waals surface area contributed by atoms with Crippen LogP contribution in [0.2, 0.25) is 0 Å². The molecule has 216 valence electrons. The molecule has 4 rings (SSSR count). The SMILES string of the molecule is COc1cc(C(=O)NC2CCN(C)CC2)ccc1Nc1ncc(C(F)(F)F)c(NC2CCCCC2)n1.CSN. The second-order valence-electron chi connectivity index (χ2n) is 9.76. The first-order valence-corrected chi connectivity index (χ1v) is 14.3. The van der Waals surface area contributed by atoms with Crippen LogP contribution in [0.3, 0.4) is 0 Å². The topological polar surface area (TPSA) is 117 Å². The van der Waals surface area contributed by atoms with Crippen molar-refractivity contribution in [3.05, 3.63) is 35.5 Å². The number of piperidine rings is 1. The molecule has 5 N–H and O–H groups in total. The van der Waals surface area contributed by atoms with Gasteiger partial charge in [-0.1, -0.05) is 31.2 Å². The highest BCUT2D eigenvalue weighted by Gasteiger charge is 2.36. The fourth-order valence-corrected chi connectivity index (χ4v) is 4.68. The Hall–Kier alpha value is -2.77. The van der Waals surface area contributed by atoms with Crippen LogP contribution in [0, 0.1) is 0 Å². The van der Waals surface area contributed by atoms with Crippen molar-refractivity contribution in [2.45, 2.75) is 63.2 Å². The summed E-state index contributed by atoms with van der Waals surface area (Å²) in [6.45, 7) is 1.86. The predicted octanol–water partition coefficient (Wildman–Crippen LogP) is 5.04. The summed E-state index contributed by atoms with van der Waals surface area (Å²) >= 11 is 1.25. The summed E-state index contributed by atoms with van der Waals surface area (Å²) in [7, 11) is 3.52. The molecule has 1 amide bonds. The van der Waals surface area contributed by atoms with Crippen molar-refractivity contribution in [1.29, 1.82) is 0 Å². The Bertz CT molecular complexity index is 1080. The predicted molar refractivity (Wildman–Crippen MR) is 149 cm³/mol. The fourth-order valence-electron chi connectivity index (χ4n) is 4.68. The summed E-state index contributed by atoms with van der Waals surface area (Å²) in [5, 5.41) is 13.7. The second kappa shape index (κ2) is 14.6. The average molecular weight is 570 g/mol. The molecule has 0 bridgehead atoms. The lowest BCUT2D eigenvalue weighted by molar-refractivity contribution is -0.137. The van der Waals surface area contributed by atoms with Gasteiger partial charge in [0.2, 0.25) is 5.95 Å². The van der Waals surface area contributed by atoms with Crippen molar-refractivity contribution in [3.63, 3.8) is 0 Å². The molecule has 1 aromatic heterocycles. The first kappa shape index (κ1) is 30.8. The van der Waals surface area contributed by atoms with Gasteiger partial charge in [0.25, 0.3) is 5.91 Å². The quantitative estimate of drug-likeness (QED) is 0.340. The number of aromatic nitrogens is 2. The van der Waals surface area contributed by atoms with E-state index in [9.17, 15) is 18.0 Å². The molecule has 39 heavy (non-hydrogen) atoms. The minimum atomic E-state index is -4.57. The van der Waals surface area contributed by atoms with Gasteiger partial charge in [0, 0.05) is 23.8 Å². The number of ether oxygens (including phenoxy) is 1. The zero-order valence-corrected chi connectivity index (χ0v) is 23.4. The Morgan fingerprint density at radius 2 is 1.79 bits per heavy atom. The molecule has 0 unspecified atom stereocenters. The summed E-state index contributed by atoms with van der Waals surface area (Å²) in [6.07, 6.45) is 4.47. The molecule has 13 heteroatoms. The van der Waals surface area contributed by atoms with Gasteiger partial charge in [0.05, 0.1) is 12.8 Å². The van der Waals surface area contributed by atoms with Gasteiger partial charge >= 0.3 is 6.18 Å². The molecular weight excluding hydrogens is 531 g/mol. The van der Waals surface area contributed by atoms with E-state index < -0.39 is 11.7 Å². The normalized spacial score (nSPS) is 17.1. The maximum Gasteiger partial charge on any atom is 0.421 e. The van der Waals surface area contributed by atoms with E-state index in [-0.39, 0.29) is 29.8 Å². The van der Waals surface area contributed by atoms with Crippen molar-refractivity contribution in [2.24, 2.45) is 5.14 Å². The van der Waals surface area contributed by atoms with E-state index in [0.29, 0.717) is 17.0 Å². The van der Waals surface area contributed by atoms with Crippen LogP contribution in [0.1, 0.15) is 60.9 Å². The number of benzene rings is 1. The van der Waals surface area contributed by atoms with Gasteiger partial charge in [-0.3, -0.25) is 9.93 Å². The van der Waals surface area contributed by atoms with Gasteiger partial charge in [-0.05, 0) is 70.3 Å². The summed E-state index contributed by atoms with van der Waals surface area (Å²) in [5.41, 5.74) is -0.0208. The molecule has 0 spiro atoms. The average Bonchev–Trinajstić information content (AvgIpc) is 2.90. The smallest absolute Gasteiger partial charge is 0.421 e. The van der Waals surface area contributed by atoms with Crippen LogP contribution >= 0.6 is 11.9 Å². The van der Waals surface area contributed by atoms with E-state index in [1.54, 1.807) is 18.2 Å². The summed E-state index contributed by atoms with van der Waals surface area (Å²) in [5.74, 6) is -0.0707. The van der Waals surface area contributed by atoms with Gasteiger partial charge in [0.15, 0.2) is 0 Å². The molecule has 2 aliphatic rings. The number of nitrogens with one attached hydrogen (secondary N) is 3. The lowest BCUT2D eigenvalue weighted by Gasteiger charge is -2.29. The van der Waals surface area contributed by atoms with Crippen LogP contribution in [0.5, 0.6) is 5.75 Å². The Balaban J connectivity index is 0.00000134. The second-order valence-corrected chi connectivity index (χ2v) is 10.2. The number of methoxy groups -OCH3 is 1. The molecule has 2 heterocycles. The number of hydrogen-bond donors (Lipinski definition) is 4. The van der Waals surface area contributed by atoms with E-state index >= 15 is 0 Å². The number of alkyl halides is 3. The highest BCUT2D eigenvalue weighted by Crippen LogP contribution is 2.36. The number of rotatable bonds is 7. The van der Waals surface area contributed by atoms with Gasteiger partial charge in [-0.2, -0.15) is 18.2 Å². The van der Waals surface area contributed by atoms with Crippen LogP contribution < -0.4 is 25.8 Å². The maximum atomic E-state index is 13.6. The zero-order chi connectivity index (χ0) is 28.4. The molecule has 0 atom stereocenters. The lowest BCUT2D eigenvalue weighted by atomic mass is 9.95. The first-order valence-electron chi connectivity index (χ1n) is 13.0. The summed E-state index contributed by atoms with van der Waals surface area (Å²) in [4.78, 5) is 23.0. The number of likely N-dealkylation sites (tertiary alicyclic amines) is 1. The van der Waals surface area contributed by atoms with E-state index in [1.165, 1.54) is 19.1 Å². The number of hydrogen-bond acceptors (Lipinski definition) is 9. The third kappa shape index (κ3) is 9.14. The molecule has 1 aliphatic heterocycles. The third-order valence-electron chi connectivity index (χ3n) is 6.80. The van der Waals surface area contributed by atoms with Crippen molar-refractivity contribution in [3.8, 4) is 5.75 Å². The highest BCUT2D eigenvalue weighted by atomic mass is 32.2. The number of carbonyl (C=O) groups is 1. The van der Waals surface area contributed by atoms with Crippen LogP contribution in [0.4, 0.5) is 30.6 Å². The molecule has 1 aliphatic carbocycles. The van der Waals surface area contributed by atoms with Crippen LogP contribution in [0.25, 0.3) is 0 Å². The van der Waals surface area contributed by atoms with Crippen molar-refractivity contribution < 1.29 is 22.7 Å². The van der Waals surface area contributed by atoms with Gasteiger partial charge in [-0.25, -0.2) is 4.98 Å². The van der Waals surface area contributed by atoms with Crippen LogP contribution in [-0.4, -0.2) is 66.4 Å². The first-order chi connectivity index (χ1) is 18.6. The monoisotopic (exact) mass is 569 g/mol. The third-order valence-corrected chi connectivity index (χ3v) is 6.80. The minimum Gasteiger partial charge on any atom is -0.495 e. The number of halogens is 3. The molecule has 2 aromatic rings. The van der Waals surface area contributed by atoms with E-state index in [1.807, 2.05) is 6.26 Å². The van der Waals surface area contributed by atoms with Gasteiger partial charge in [0.1, 0.15) is 17.1 Å². The van der Waals surface area contributed by atoms with E-state index in [2.05, 4.69) is 37.9 Å². The zero-order valence-electron chi connectivity index (χ0n) is 22.6. The number of anilines is 3. The summed E-state index contributed by atoms with van der Waals surface area (Å²) in [6, 6.07) is 4.93. The molecule has 2 fully saturated rings. The lowest BCUT2D eigenvalue weighted by Crippen LogP contribution is -2.43. The van der Waals surface area contributed by atoms with E-state index in [0.717, 1.165) is 64.2 Å². The molecule has 1 saturated carbocycles. The van der Waals surface area contributed by atoms with Crippen molar-refractivity contribution >= 4 is 35.3 Å². The molecular formula is C26H38F3N7O2S. The van der Waals surface area contributed by atoms with Crippen molar-refractivity contribution in [1.82, 2.24) is 20.2 Å².